The number of nitrogens with zero attached hydrogens (tertiary/aromatic N) is 2. The smallest absolute Gasteiger partial charge is 0.142 e. The van der Waals surface area contributed by atoms with Crippen molar-refractivity contribution >= 4 is 10.9 Å². The fourth-order valence-electron chi connectivity index (χ4n) is 2.37. The van der Waals surface area contributed by atoms with Crippen molar-refractivity contribution in [1.29, 1.82) is 0 Å². The van der Waals surface area contributed by atoms with Crippen LogP contribution in [0.5, 0.6) is 0 Å². The van der Waals surface area contributed by atoms with Gasteiger partial charge >= 0.3 is 0 Å². The second kappa shape index (κ2) is 4.96. The van der Waals surface area contributed by atoms with Gasteiger partial charge in [-0.05, 0) is 35.7 Å². The van der Waals surface area contributed by atoms with Crippen molar-refractivity contribution in [3.8, 4) is 11.1 Å². The highest BCUT2D eigenvalue weighted by Gasteiger charge is 2.11. The standard InChI is InChI=1S/C16H12F2N2/c1-2-10-8-20-15-6-12(17)3-4-14(15)16(10)11-5-13(18)9-19-7-11/h3-9H,2H2,1H3. The third-order valence-corrected chi connectivity index (χ3v) is 3.28. The van der Waals surface area contributed by atoms with Gasteiger partial charge in [-0.1, -0.05) is 6.92 Å². The Bertz CT molecular complexity index is 785. The highest BCUT2D eigenvalue weighted by molar-refractivity contribution is 5.95. The summed E-state index contributed by atoms with van der Waals surface area (Å²) in [5.41, 5.74) is 3.09. The minimum Gasteiger partial charge on any atom is -0.261 e. The molecule has 0 fully saturated rings. The zero-order valence-corrected chi connectivity index (χ0v) is 10.9. The lowest BCUT2D eigenvalue weighted by Gasteiger charge is -2.11. The first-order valence-corrected chi connectivity index (χ1v) is 6.37. The van der Waals surface area contributed by atoms with Crippen LogP contribution in [-0.4, -0.2) is 9.97 Å². The Balaban J connectivity index is 2.36. The molecule has 3 rings (SSSR count). The summed E-state index contributed by atoms with van der Waals surface area (Å²) in [6.45, 7) is 2.00. The maximum atomic E-state index is 13.4. The van der Waals surface area contributed by atoms with Crippen molar-refractivity contribution in [1.82, 2.24) is 9.97 Å². The van der Waals surface area contributed by atoms with Gasteiger partial charge in [-0.3, -0.25) is 9.97 Å². The summed E-state index contributed by atoms with van der Waals surface area (Å²) in [6.07, 6.45) is 5.24. The molecule has 0 saturated heterocycles. The summed E-state index contributed by atoms with van der Waals surface area (Å²) >= 11 is 0. The Labute approximate surface area is 115 Å². The predicted molar refractivity (Wildman–Crippen MR) is 74.3 cm³/mol. The maximum Gasteiger partial charge on any atom is 0.142 e. The van der Waals surface area contributed by atoms with Crippen LogP contribution in [-0.2, 0) is 6.42 Å². The average Bonchev–Trinajstić information content (AvgIpc) is 2.45. The molecule has 0 spiro atoms. The molecule has 20 heavy (non-hydrogen) atoms. The molecule has 3 aromatic rings. The number of aromatic nitrogens is 2. The molecule has 0 bridgehead atoms. The molecule has 0 amide bonds. The molecule has 0 unspecified atom stereocenters. The van der Waals surface area contributed by atoms with E-state index in [9.17, 15) is 8.78 Å². The monoisotopic (exact) mass is 270 g/mol. The van der Waals surface area contributed by atoms with Crippen molar-refractivity contribution in [2.75, 3.05) is 0 Å². The second-order valence-electron chi connectivity index (χ2n) is 4.57. The summed E-state index contributed by atoms with van der Waals surface area (Å²) < 4.78 is 26.7. The molecule has 0 N–H and O–H groups in total. The van der Waals surface area contributed by atoms with E-state index in [1.54, 1.807) is 18.5 Å². The van der Waals surface area contributed by atoms with Gasteiger partial charge in [0.25, 0.3) is 0 Å². The average molecular weight is 270 g/mol. The largest absolute Gasteiger partial charge is 0.261 e. The van der Waals surface area contributed by atoms with Crippen LogP contribution in [0.25, 0.3) is 22.0 Å². The quantitative estimate of drug-likeness (QED) is 0.699. The summed E-state index contributed by atoms with van der Waals surface area (Å²) in [5.74, 6) is -0.728. The molecule has 0 saturated carbocycles. The third kappa shape index (κ3) is 2.13. The van der Waals surface area contributed by atoms with E-state index >= 15 is 0 Å². The number of halogens is 2. The first-order chi connectivity index (χ1) is 9.69. The minimum absolute atomic E-state index is 0.336. The highest BCUT2D eigenvalue weighted by atomic mass is 19.1. The number of fused-ring (bicyclic) bond motifs is 1. The summed E-state index contributed by atoms with van der Waals surface area (Å²) in [6, 6.07) is 5.88. The minimum atomic E-state index is -0.392. The first-order valence-electron chi connectivity index (χ1n) is 6.37. The lowest BCUT2D eigenvalue weighted by Crippen LogP contribution is -1.94. The van der Waals surface area contributed by atoms with Crippen LogP contribution >= 0.6 is 0 Å². The highest BCUT2D eigenvalue weighted by Crippen LogP contribution is 2.31. The Kier molecular flexibility index (Phi) is 3.14. The molecule has 1 aromatic carbocycles. The van der Waals surface area contributed by atoms with Crippen LogP contribution < -0.4 is 0 Å². The van der Waals surface area contributed by atoms with Gasteiger partial charge in [-0.25, -0.2) is 8.78 Å². The second-order valence-corrected chi connectivity index (χ2v) is 4.57. The zero-order chi connectivity index (χ0) is 14.1. The molecule has 0 aliphatic carbocycles. The van der Waals surface area contributed by atoms with Gasteiger partial charge in [0, 0.05) is 29.4 Å². The normalized spacial score (nSPS) is 10.9. The summed E-state index contributed by atoms with van der Waals surface area (Å²) in [7, 11) is 0. The molecule has 0 radical (unpaired) electrons. The molecule has 0 atom stereocenters. The molecule has 0 aliphatic rings. The van der Waals surface area contributed by atoms with Gasteiger partial charge in [0.05, 0.1) is 11.7 Å². The van der Waals surface area contributed by atoms with Gasteiger partial charge in [-0.15, -0.1) is 0 Å². The number of hydrogen-bond donors (Lipinski definition) is 0. The van der Waals surface area contributed by atoms with E-state index in [-0.39, 0.29) is 5.82 Å². The van der Waals surface area contributed by atoms with Crippen molar-refractivity contribution in [2.24, 2.45) is 0 Å². The van der Waals surface area contributed by atoms with Gasteiger partial charge < -0.3 is 0 Å². The Morgan fingerprint density at radius 1 is 1.00 bits per heavy atom. The van der Waals surface area contributed by atoms with Crippen molar-refractivity contribution in [2.45, 2.75) is 13.3 Å². The van der Waals surface area contributed by atoms with Gasteiger partial charge in [-0.2, -0.15) is 0 Å². The molecule has 4 heteroatoms. The molecule has 0 aliphatic heterocycles. The first kappa shape index (κ1) is 12.7. The molecule has 100 valence electrons. The number of rotatable bonds is 2. The number of benzene rings is 1. The Hall–Kier alpha value is -2.36. The van der Waals surface area contributed by atoms with E-state index in [0.29, 0.717) is 11.1 Å². The molecule has 2 aromatic heterocycles. The predicted octanol–water partition coefficient (Wildman–Crippen LogP) is 4.14. The van der Waals surface area contributed by atoms with E-state index < -0.39 is 5.82 Å². The number of hydrogen-bond acceptors (Lipinski definition) is 2. The Morgan fingerprint density at radius 3 is 2.60 bits per heavy atom. The van der Waals surface area contributed by atoms with E-state index in [1.165, 1.54) is 18.2 Å². The molecular weight excluding hydrogens is 258 g/mol. The van der Waals surface area contributed by atoms with Gasteiger partial charge in [0.1, 0.15) is 11.6 Å². The topological polar surface area (TPSA) is 25.8 Å². The third-order valence-electron chi connectivity index (χ3n) is 3.28. The van der Waals surface area contributed by atoms with Crippen molar-refractivity contribution in [3.63, 3.8) is 0 Å². The van der Waals surface area contributed by atoms with E-state index in [4.69, 9.17) is 0 Å². The van der Waals surface area contributed by atoms with Gasteiger partial charge in [0.15, 0.2) is 0 Å². The van der Waals surface area contributed by atoms with E-state index in [0.717, 1.165) is 29.1 Å². The molecule has 2 heterocycles. The number of pyridine rings is 2. The fraction of sp³-hybridized carbons (Fsp3) is 0.125. The van der Waals surface area contributed by atoms with Crippen LogP contribution in [0.1, 0.15) is 12.5 Å². The van der Waals surface area contributed by atoms with Gasteiger partial charge in [0.2, 0.25) is 0 Å². The lowest BCUT2D eigenvalue weighted by molar-refractivity contribution is 0.622. The molecular formula is C16H12F2N2. The SMILES string of the molecule is CCc1cnc2cc(F)ccc2c1-c1cncc(F)c1. The van der Waals surface area contributed by atoms with Crippen molar-refractivity contribution in [3.05, 3.63) is 60.1 Å². The fourth-order valence-corrected chi connectivity index (χ4v) is 2.37. The van der Waals surface area contributed by atoms with Crippen LogP contribution in [0.3, 0.4) is 0 Å². The van der Waals surface area contributed by atoms with E-state index in [1.807, 2.05) is 6.92 Å². The maximum absolute atomic E-state index is 13.4. The van der Waals surface area contributed by atoms with Crippen LogP contribution in [0, 0.1) is 11.6 Å². The summed E-state index contributed by atoms with van der Waals surface area (Å²) in [4.78, 5) is 8.16. The zero-order valence-electron chi connectivity index (χ0n) is 10.9. The summed E-state index contributed by atoms with van der Waals surface area (Å²) in [5, 5.41) is 0.804. The van der Waals surface area contributed by atoms with Crippen LogP contribution in [0.2, 0.25) is 0 Å². The van der Waals surface area contributed by atoms with E-state index in [2.05, 4.69) is 9.97 Å². The van der Waals surface area contributed by atoms with Crippen LogP contribution in [0.15, 0.2) is 42.9 Å². The number of aryl methyl sites for hydroxylation is 1. The lowest BCUT2D eigenvalue weighted by atomic mass is 9.96. The van der Waals surface area contributed by atoms with Crippen LogP contribution in [0.4, 0.5) is 8.78 Å². The Morgan fingerprint density at radius 2 is 1.85 bits per heavy atom. The molecule has 2 nitrogen and oxygen atoms in total. The van der Waals surface area contributed by atoms with Crippen molar-refractivity contribution < 1.29 is 8.78 Å².